The number of nitrogens with zero attached hydrogens (tertiary/aromatic N) is 1. The summed E-state index contributed by atoms with van der Waals surface area (Å²) >= 11 is 0. The number of alkyl halides is 3. The number of benzene rings is 2. The SMILES string of the molecule is CN(Cc1ccc(C(F)(F)F)cc1)C(=O)COc1ccccc1. The number of halogens is 3. The Bertz CT molecular complexity index is 639. The molecule has 3 nitrogen and oxygen atoms in total. The summed E-state index contributed by atoms with van der Waals surface area (Å²) < 4.78 is 42.8. The third-order valence-corrected chi connectivity index (χ3v) is 3.23. The lowest BCUT2D eigenvalue weighted by molar-refractivity contribution is -0.137. The van der Waals surface area contributed by atoms with Crippen LogP contribution in [0.4, 0.5) is 13.2 Å². The Morgan fingerprint density at radius 3 is 2.22 bits per heavy atom. The number of hydrogen-bond donors (Lipinski definition) is 0. The molecule has 122 valence electrons. The molecule has 0 saturated heterocycles. The Morgan fingerprint density at radius 2 is 1.65 bits per heavy atom. The minimum Gasteiger partial charge on any atom is -0.484 e. The van der Waals surface area contributed by atoms with Crippen LogP contribution in [0, 0.1) is 0 Å². The first kappa shape index (κ1) is 16.9. The molecule has 0 radical (unpaired) electrons. The molecule has 0 bridgehead atoms. The number of rotatable bonds is 5. The van der Waals surface area contributed by atoms with Gasteiger partial charge in [-0.15, -0.1) is 0 Å². The van der Waals surface area contributed by atoms with Crippen LogP contribution < -0.4 is 4.74 Å². The number of carbonyl (C=O) groups excluding carboxylic acids is 1. The van der Waals surface area contributed by atoms with Gasteiger partial charge in [0.05, 0.1) is 5.56 Å². The van der Waals surface area contributed by atoms with Crippen molar-refractivity contribution in [1.29, 1.82) is 0 Å². The third kappa shape index (κ3) is 5.02. The summed E-state index contributed by atoms with van der Waals surface area (Å²) in [6.45, 7) is 0.0935. The fourth-order valence-corrected chi connectivity index (χ4v) is 1.93. The van der Waals surface area contributed by atoms with Crippen LogP contribution in [0.15, 0.2) is 54.6 Å². The first-order valence-corrected chi connectivity index (χ1v) is 6.94. The Balaban J connectivity index is 1.88. The van der Waals surface area contributed by atoms with E-state index in [9.17, 15) is 18.0 Å². The van der Waals surface area contributed by atoms with Crippen LogP contribution in [0.1, 0.15) is 11.1 Å². The van der Waals surface area contributed by atoms with E-state index in [0.717, 1.165) is 12.1 Å². The molecule has 0 heterocycles. The van der Waals surface area contributed by atoms with Gasteiger partial charge in [0.2, 0.25) is 0 Å². The van der Waals surface area contributed by atoms with Crippen LogP contribution in [0.5, 0.6) is 5.75 Å². The van der Waals surface area contributed by atoms with Crippen LogP contribution in [0.25, 0.3) is 0 Å². The lowest BCUT2D eigenvalue weighted by Gasteiger charge is -2.18. The highest BCUT2D eigenvalue weighted by Gasteiger charge is 2.29. The van der Waals surface area contributed by atoms with E-state index in [1.54, 1.807) is 31.3 Å². The molecule has 0 aromatic heterocycles. The highest BCUT2D eigenvalue weighted by Crippen LogP contribution is 2.29. The molecule has 0 saturated carbocycles. The van der Waals surface area contributed by atoms with Crippen molar-refractivity contribution in [2.24, 2.45) is 0 Å². The molecule has 0 fully saturated rings. The van der Waals surface area contributed by atoms with Gasteiger partial charge in [-0.05, 0) is 29.8 Å². The zero-order valence-electron chi connectivity index (χ0n) is 12.5. The molecule has 0 aliphatic rings. The van der Waals surface area contributed by atoms with E-state index >= 15 is 0 Å². The summed E-state index contributed by atoms with van der Waals surface area (Å²) in [6, 6.07) is 13.7. The summed E-state index contributed by atoms with van der Waals surface area (Å²) in [5, 5.41) is 0. The second-order valence-electron chi connectivity index (χ2n) is 5.05. The molecule has 6 heteroatoms. The average molecular weight is 323 g/mol. The molecule has 0 spiro atoms. The van der Waals surface area contributed by atoms with Crippen molar-refractivity contribution in [3.63, 3.8) is 0 Å². The normalized spacial score (nSPS) is 11.1. The smallest absolute Gasteiger partial charge is 0.416 e. The molecule has 0 N–H and O–H groups in total. The number of carbonyl (C=O) groups is 1. The number of para-hydroxylation sites is 1. The molecule has 2 aromatic carbocycles. The van der Waals surface area contributed by atoms with Gasteiger partial charge in [-0.25, -0.2) is 0 Å². The topological polar surface area (TPSA) is 29.5 Å². The van der Waals surface area contributed by atoms with E-state index in [4.69, 9.17) is 4.74 Å². The summed E-state index contributed by atoms with van der Waals surface area (Å²) in [4.78, 5) is 13.4. The van der Waals surface area contributed by atoms with E-state index in [2.05, 4.69) is 0 Å². The fourth-order valence-electron chi connectivity index (χ4n) is 1.93. The highest BCUT2D eigenvalue weighted by atomic mass is 19.4. The molecule has 0 aliphatic heterocycles. The van der Waals surface area contributed by atoms with Gasteiger partial charge >= 0.3 is 6.18 Å². The van der Waals surface area contributed by atoms with Crippen molar-refractivity contribution >= 4 is 5.91 Å². The Hall–Kier alpha value is -2.50. The van der Waals surface area contributed by atoms with Crippen LogP contribution in [0.2, 0.25) is 0 Å². The highest BCUT2D eigenvalue weighted by molar-refractivity contribution is 5.77. The first-order chi connectivity index (χ1) is 10.9. The quantitative estimate of drug-likeness (QED) is 0.839. The van der Waals surface area contributed by atoms with Crippen molar-refractivity contribution in [3.8, 4) is 5.75 Å². The molecule has 1 amide bonds. The van der Waals surface area contributed by atoms with Gasteiger partial charge in [-0.1, -0.05) is 30.3 Å². The van der Waals surface area contributed by atoms with Crippen LogP contribution in [-0.4, -0.2) is 24.5 Å². The van der Waals surface area contributed by atoms with Gasteiger partial charge in [-0.3, -0.25) is 4.79 Å². The Labute approximate surface area is 132 Å². The molecule has 0 unspecified atom stereocenters. The van der Waals surface area contributed by atoms with E-state index in [0.29, 0.717) is 11.3 Å². The maximum Gasteiger partial charge on any atom is 0.416 e. The first-order valence-electron chi connectivity index (χ1n) is 6.94. The van der Waals surface area contributed by atoms with Crippen LogP contribution >= 0.6 is 0 Å². The molecule has 2 aromatic rings. The molecular formula is C17H16F3NO2. The summed E-state index contributed by atoms with van der Waals surface area (Å²) in [6.07, 6.45) is -4.36. The molecule has 0 atom stereocenters. The maximum atomic E-state index is 12.5. The van der Waals surface area contributed by atoms with Crippen molar-refractivity contribution in [2.75, 3.05) is 13.7 Å². The monoisotopic (exact) mass is 323 g/mol. The summed E-state index contributed by atoms with van der Waals surface area (Å²) in [5.41, 5.74) is -0.0869. The van der Waals surface area contributed by atoms with Gasteiger partial charge in [0.1, 0.15) is 5.75 Å². The number of hydrogen-bond acceptors (Lipinski definition) is 2. The standard InChI is InChI=1S/C17H16F3NO2/c1-21(16(22)12-23-15-5-3-2-4-6-15)11-13-7-9-14(10-8-13)17(18,19)20/h2-10H,11-12H2,1H3. The predicted octanol–water partition coefficient (Wildman–Crippen LogP) is 3.74. The Morgan fingerprint density at radius 1 is 1.04 bits per heavy atom. The third-order valence-electron chi connectivity index (χ3n) is 3.23. The molecular weight excluding hydrogens is 307 g/mol. The van der Waals surface area contributed by atoms with Gasteiger partial charge in [-0.2, -0.15) is 13.2 Å². The van der Waals surface area contributed by atoms with Crippen molar-refractivity contribution in [3.05, 3.63) is 65.7 Å². The number of ether oxygens (including phenoxy) is 1. The zero-order chi connectivity index (χ0) is 16.9. The second kappa shape index (κ2) is 7.17. The van der Waals surface area contributed by atoms with Crippen molar-refractivity contribution in [1.82, 2.24) is 4.90 Å². The average Bonchev–Trinajstić information content (AvgIpc) is 2.53. The minimum absolute atomic E-state index is 0.124. The lowest BCUT2D eigenvalue weighted by atomic mass is 10.1. The minimum atomic E-state index is -4.36. The number of amides is 1. The molecule has 0 aliphatic carbocycles. The second-order valence-corrected chi connectivity index (χ2v) is 5.05. The maximum absolute atomic E-state index is 12.5. The van der Waals surface area contributed by atoms with E-state index < -0.39 is 11.7 Å². The summed E-state index contributed by atoms with van der Waals surface area (Å²) in [7, 11) is 1.58. The molecule has 2 rings (SSSR count). The van der Waals surface area contributed by atoms with Gasteiger partial charge in [0.25, 0.3) is 5.91 Å². The lowest BCUT2D eigenvalue weighted by Crippen LogP contribution is -2.30. The van der Waals surface area contributed by atoms with E-state index in [1.165, 1.54) is 17.0 Å². The van der Waals surface area contributed by atoms with E-state index in [1.807, 2.05) is 6.07 Å². The van der Waals surface area contributed by atoms with Crippen molar-refractivity contribution in [2.45, 2.75) is 12.7 Å². The van der Waals surface area contributed by atoms with Crippen LogP contribution in [0.3, 0.4) is 0 Å². The predicted molar refractivity (Wildman–Crippen MR) is 79.9 cm³/mol. The summed E-state index contributed by atoms with van der Waals surface area (Å²) in [5.74, 6) is 0.331. The zero-order valence-corrected chi connectivity index (χ0v) is 12.5. The molecule has 23 heavy (non-hydrogen) atoms. The van der Waals surface area contributed by atoms with Gasteiger partial charge in [0.15, 0.2) is 6.61 Å². The van der Waals surface area contributed by atoms with Gasteiger partial charge < -0.3 is 9.64 Å². The largest absolute Gasteiger partial charge is 0.484 e. The van der Waals surface area contributed by atoms with Gasteiger partial charge in [0, 0.05) is 13.6 Å². The Kier molecular flexibility index (Phi) is 5.26. The number of likely N-dealkylation sites (N-methyl/N-ethyl adjacent to an activating group) is 1. The fraction of sp³-hybridized carbons (Fsp3) is 0.235. The van der Waals surface area contributed by atoms with Crippen LogP contribution in [-0.2, 0) is 17.5 Å². The van der Waals surface area contributed by atoms with E-state index in [-0.39, 0.29) is 19.1 Å². The van der Waals surface area contributed by atoms with Crippen molar-refractivity contribution < 1.29 is 22.7 Å².